The predicted octanol–water partition coefficient (Wildman–Crippen LogP) is 16.7. The van der Waals surface area contributed by atoms with Gasteiger partial charge in [-0.2, -0.15) is 0 Å². The van der Waals surface area contributed by atoms with Crippen LogP contribution in [0.1, 0.15) is 0 Å². The van der Waals surface area contributed by atoms with E-state index in [1.54, 1.807) is 0 Å². The Kier molecular flexibility index (Phi) is 10.4. The number of rotatable bonds is 9. The fourth-order valence-electron chi connectivity index (χ4n) is 9.48. The lowest BCUT2D eigenvalue weighted by molar-refractivity contribution is 0.669. The van der Waals surface area contributed by atoms with E-state index in [0.29, 0.717) is 23.3 Å². The lowest BCUT2D eigenvalue weighted by Gasteiger charge is -2.13. The van der Waals surface area contributed by atoms with Gasteiger partial charge in [-0.1, -0.05) is 188 Å². The van der Waals surface area contributed by atoms with Crippen LogP contribution in [0.4, 0.5) is 0 Å². The maximum Gasteiger partial charge on any atom is 0.164 e. The zero-order chi connectivity index (χ0) is 47.1. The van der Waals surface area contributed by atoms with Crippen molar-refractivity contribution in [3.63, 3.8) is 0 Å². The van der Waals surface area contributed by atoms with Crippen LogP contribution in [0, 0.1) is 0 Å². The van der Waals surface area contributed by atoms with Gasteiger partial charge in [-0.15, -0.1) is 0 Å². The highest BCUT2D eigenvalue weighted by Gasteiger charge is 2.18. The molecular formula is C65H41N5O. The number of fused-ring (bicyclic) bond motifs is 4. The monoisotopic (exact) mass is 907 g/mol. The second-order valence-electron chi connectivity index (χ2n) is 17.7. The summed E-state index contributed by atoms with van der Waals surface area (Å²) in [4.78, 5) is 25.9. The van der Waals surface area contributed by atoms with Gasteiger partial charge in [-0.05, 0) is 105 Å². The van der Waals surface area contributed by atoms with Crippen molar-refractivity contribution in [2.24, 2.45) is 0 Å². The van der Waals surface area contributed by atoms with E-state index in [9.17, 15) is 0 Å². The molecular weight excluding hydrogens is 867 g/mol. The quantitative estimate of drug-likeness (QED) is 0.144. The zero-order valence-corrected chi connectivity index (χ0v) is 38.3. The van der Waals surface area contributed by atoms with E-state index in [1.165, 1.54) is 5.39 Å². The smallest absolute Gasteiger partial charge is 0.164 e. The van der Waals surface area contributed by atoms with Gasteiger partial charge in [0.1, 0.15) is 11.2 Å². The number of nitrogens with zero attached hydrogens (tertiary/aromatic N) is 5. The molecule has 0 atom stereocenters. The molecule has 71 heavy (non-hydrogen) atoms. The molecule has 332 valence electrons. The van der Waals surface area contributed by atoms with Crippen molar-refractivity contribution in [1.29, 1.82) is 0 Å². The summed E-state index contributed by atoms with van der Waals surface area (Å²) in [6, 6.07) is 85.9. The molecule has 6 heteroatoms. The van der Waals surface area contributed by atoms with Crippen LogP contribution < -0.4 is 0 Å². The van der Waals surface area contributed by atoms with E-state index in [1.807, 2.05) is 60.7 Å². The summed E-state index contributed by atoms with van der Waals surface area (Å²) in [7, 11) is 0. The first-order valence-electron chi connectivity index (χ1n) is 23.7. The Hall–Kier alpha value is -9.65. The summed E-state index contributed by atoms with van der Waals surface area (Å²) in [6.45, 7) is 0. The van der Waals surface area contributed by atoms with Crippen molar-refractivity contribution >= 4 is 32.7 Å². The van der Waals surface area contributed by atoms with Gasteiger partial charge in [0.15, 0.2) is 23.3 Å². The summed E-state index contributed by atoms with van der Waals surface area (Å²) in [6.07, 6.45) is 0. The highest BCUT2D eigenvalue weighted by Crippen LogP contribution is 2.38. The van der Waals surface area contributed by atoms with E-state index in [0.717, 1.165) is 105 Å². The molecule has 13 aromatic rings. The maximum atomic E-state index is 6.50. The molecule has 10 aromatic carbocycles. The van der Waals surface area contributed by atoms with Gasteiger partial charge in [0.2, 0.25) is 0 Å². The molecule has 0 saturated carbocycles. The van der Waals surface area contributed by atoms with Gasteiger partial charge in [0, 0.05) is 44.2 Å². The van der Waals surface area contributed by atoms with Gasteiger partial charge < -0.3 is 4.42 Å². The third kappa shape index (κ3) is 8.19. The first-order chi connectivity index (χ1) is 35.1. The number of hydrogen-bond donors (Lipinski definition) is 0. The van der Waals surface area contributed by atoms with Gasteiger partial charge in [0.25, 0.3) is 0 Å². The average molecular weight is 908 g/mol. The minimum absolute atomic E-state index is 0.584. The Morgan fingerprint density at radius 2 is 0.606 bits per heavy atom. The van der Waals surface area contributed by atoms with E-state index in [2.05, 4.69) is 188 Å². The minimum atomic E-state index is 0.584. The van der Waals surface area contributed by atoms with E-state index in [4.69, 9.17) is 29.3 Å². The van der Waals surface area contributed by atoms with Crippen LogP contribution in [0.25, 0.3) is 134 Å². The third-order valence-electron chi connectivity index (χ3n) is 13.1. The Morgan fingerprint density at radius 3 is 1.20 bits per heavy atom. The van der Waals surface area contributed by atoms with Crippen molar-refractivity contribution in [2.75, 3.05) is 0 Å². The second kappa shape index (κ2) is 17.8. The highest BCUT2D eigenvalue weighted by atomic mass is 16.3. The van der Waals surface area contributed by atoms with Crippen LogP contribution in [0.5, 0.6) is 0 Å². The maximum absolute atomic E-state index is 6.50. The average Bonchev–Trinajstić information content (AvgIpc) is 3.81. The summed E-state index contributed by atoms with van der Waals surface area (Å²) in [5, 5.41) is 4.50. The molecule has 0 spiro atoms. The van der Waals surface area contributed by atoms with Crippen LogP contribution in [0.3, 0.4) is 0 Å². The molecule has 0 unspecified atom stereocenters. The molecule has 0 radical (unpaired) electrons. The Labute approximate surface area is 410 Å². The van der Waals surface area contributed by atoms with Gasteiger partial charge in [-0.3, -0.25) is 0 Å². The van der Waals surface area contributed by atoms with Crippen LogP contribution in [-0.4, -0.2) is 24.9 Å². The van der Waals surface area contributed by atoms with Crippen LogP contribution in [-0.2, 0) is 0 Å². The van der Waals surface area contributed by atoms with Crippen molar-refractivity contribution in [1.82, 2.24) is 24.9 Å². The molecule has 0 fully saturated rings. The summed E-state index contributed by atoms with van der Waals surface area (Å²) in [5.74, 6) is 2.43. The standard InChI is InChI=1S/C65H41N5O/c1-5-17-42(18-6-1)53-35-54(43-19-7-2-8-20-43)37-55(36-53)65-69-63(45-23-11-4-12-24-45)68-64(70-65)52-30-16-28-47(34-52)46-27-15-29-50(33-46)58-41-59(67-62(66-58)44-21-9-3-10-22-44)51-31-32-56-57-38-48-25-13-14-26-49(48)39-61(57)71-60(56)40-51/h1-41H. The topological polar surface area (TPSA) is 77.6 Å². The molecule has 0 aliphatic rings. The molecule has 0 aliphatic heterocycles. The van der Waals surface area contributed by atoms with Crippen LogP contribution in [0.15, 0.2) is 253 Å². The van der Waals surface area contributed by atoms with Crippen molar-refractivity contribution in [2.45, 2.75) is 0 Å². The Bertz CT molecular complexity index is 4040. The number of furan rings is 1. The van der Waals surface area contributed by atoms with Gasteiger partial charge in [0.05, 0.1) is 11.4 Å². The molecule has 0 bridgehead atoms. The Morgan fingerprint density at radius 1 is 0.211 bits per heavy atom. The van der Waals surface area contributed by atoms with E-state index in [-0.39, 0.29) is 0 Å². The number of aromatic nitrogens is 5. The Balaban J connectivity index is 0.901. The SMILES string of the molecule is c1ccc(-c2cc(-c3ccccc3)cc(-c3nc(-c4ccccc4)nc(-c4cccc(-c5cccc(-c6cc(-c7ccc8c(c7)oc7cc9ccccc9cc78)nc(-c7ccccc7)n6)c5)c4)n3)c2)cc1. The molecule has 0 amide bonds. The summed E-state index contributed by atoms with van der Waals surface area (Å²) in [5.41, 5.74) is 15.3. The van der Waals surface area contributed by atoms with Crippen molar-refractivity contribution in [3.8, 4) is 101 Å². The summed E-state index contributed by atoms with van der Waals surface area (Å²) < 4.78 is 6.50. The first kappa shape index (κ1) is 41.5. The van der Waals surface area contributed by atoms with E-state index >= 15 is 0 Å². The van der Waals surface area contributed by atoms with Crippen LogP contribution in [0.2, 0.25) is 0 Å². The molecule has 0 N–H and O–H groups in total. The molecule has 13 rings (SSSR count). The molecule has 0 saturated heterocycles. The molecule has 3 aromatic heterocycles. The van der Waals surface area contributed by atoms with Gasteiger partial charge in [-0.25, -0.2) is 24.9 Å². The molecule has 3 heterocycles. The zero-order valence-electron chi connectivity index (χ0n) is 38.3. The van der Waals surface area contributed by atoms with E-state index < -0.39 is 0 Å². The lowest BCUT2D eigenvalue weighted by Crippen LogP contribution is -2.00. The lowest BCUT2D eigenvalue weighted by atomic mass is 9.96. The normalized spacial score (nSPS) is 11.4. The molecule has 6 nitrogen and oxygen atoms in total. The van der Waals surface area contributed by atoms with Crippen LogP contribution >= 0.6 is 0 Å². The minimum Gasteiger partial charge on any atom is -0.456 e. The number of hydrogen-bond acceptors (Lipinski definition) is 6. The largest absolute Gasteiger partial charge is 0.456 e. The number of benzene rings is 10. The van der Waals surface area contributed by atoms with Crippen molar-refractivity contribution in [3.05, 3.63) is 249 Å². The third-order valence-corrected chi connectivity index (χ3v) is 13.1. The fraction of sp³-hybridized carbons (Fsp3) is 0. The highest BCUT2D eigenvalue weighted by molar-refractivity contribution is 6.10. The van der Waals surface area contributed by atoms with Crippen molar-refractivity contribution < 1.29 is 4.42 Å². The molecule has 0 aliphatic carbocycles. The summed E-state index contributed by atoms with van der Waals surface area (Å²) >= 11 is 0. The fourth-order valence-corrected chi connectivity index (χ4v) is 9.48. The van der Waals surface area contributed by atoms with Gasteiger partial charge >= 0.3 is 0 Å². The first-order valence-corrected chi connectivity index (χ1v) is 23.7. The predicted molar refractivity (Wildman–Crippen MR) is 289 cm³/mol. The second-order valence-corrected chi connectivity index (χ2v) is 17.7.